The molecule has 0 aliphatic carbocycles. The van der Waals surface area contributed by atoms with E-state index in [9.17, 15) is 34.8 Å². The molecule has 2 fully saturated rings. The Hall–Kier alpha value is -9.45. The molecule has 2 saturated heterocycles. The zero-order chi connectivity index (χ0) is 73.0. The largest absolute Gasteiger partial charge is 0.444 e. The lowest BCUT2D eigenvalue weighted by atomic mass is 9.82. The van der Waals surface area contributed by atoms with Gasteiger partial charge in [0.25, 0.3) is 20.0 Å². The molecule has 530 valence electrons. The molecule has 10 heterocycles. The number of pyridine rings is 2. The lowest BCUT2D eigenvalue weighted by Gasteiger charge is -2.42. The molecule has 3 N–H and O–H groups in total. The highest BCUT2D eigenvalue weighted by Crippen LogP contribution is 2.40. The van der Waals surface area contributed by atoms with Crippen molar-refractivity contribution in [1.82, 2.24) is 58.0 Å². The second kappa shape index (κ2) is 27.6. The first kappa shape index (κ1) is 73.3. The third kappa shape index (κ3) is 16.2. The molecule has 12 rings (SSSR count). The molecule has 2 aromatic carbocycles. The van der Waals surface area contributed by atoms with E-state index in [1.807, 2.05) is 67.5 Å². The number of hydrogen-bond acceptors (Lipinski definition) is 22. The number of nitrogens with zero attached hydrogens (tertiary/aromatic N) is 12. The van der Waals surface area contributed by atoms with Gasteiger partial charge in [-0.25, -0.2) is 72.7 Å². The number of aryl methyl sites for hydroxylation is 6. The second-order valence-electron chi connectivity index (χ2n) is 29.1. The third-order valence-electron chi connectivity index (χ3n) is 16.6. The van der Waals surface area contributed by atoms with Crippen molar-refractivity contribution in [3.8, 4) is 45.0 Å². The average Bonchev–Trinajstić information content (AvgIpc) is 1.59. The molecule has 0 bridgehead atoms. The Balaban J connectivity index is 0.000000182. The van der Waals surface area contributed by atoms with E-state index in [2.05, 4.69) is 58.3 Å². The molecule has 0 spiro atoms. The van der Waals surface area contributed by atoms with Gasteiger partial charge in [-0.15, -0.1) is 0 Å². The van der Waals surface area contributed by atoms with Crippen LogP contribution in [0.5, 0.6) is 0 Å². The smallest absolute Gasteiger partial charge is 0.410 e. The minimum Gasteiger partial charge on any atom is -0.444 e. The standard InChI is InChI=1S/C35H41N7O5S.C24H21N5O5S2.C12H24N2O2/c1-21-17-36-32(37-24-16-35(7,8)20-41(18-24)33(43)46-34(4,5)6)39-30(21)27-19-42(48(44,45)25-12-10-9-11-13-25)31-26(27)14-15-28(38-31)29-22(2)40-47-23(29)3;1-14-12-25-24(35(4,30)31)27-22(14)19-13-29(36(32,33)17-8-6-5-7-9-17)23-18(19)10-11-20(26-23)21-15(2)28-34-16(21)3;1-11(2,3)16-10(15)14-7-9(13)6-12(4,5)8-14/h9-15,17,19,24H,16,18,20H2,1-8H3,(H,36,37,39);5-13H,1-4H3;9H,6-8,13H2,1-5H3/t24-;;9-/m0.0/s1. The number of fused-ring (bicyclic) bond motifs is 2. The minimum absolute atomic E-state index is 0.0521. The fraction of sp³-hybridized carbons (Fsp3) is 0.408. The number of rotatable bonds is 11. The maximum absolute atomic E-state index is 14.1. The Morgan fingerprint density at radius 3 is 1.40 bits per heavy atom. The number of amides is 2. The number of aromatic nitrogens is 10. The predicted molar refractivity (Wildman–Crippen MR) is 380 cm³/mol. The van der Waals surface area contributed by atoms with E-state index in [0.29, 0.717) is 110 Å². The number of anilines is 1. The number of benzene rings is 2. The molecule has 100 heavy (non-hydrogen) atoms. The van der Waals surface area contributed by atoms with Crippen molar-refractivity contribution in [3.05, 3.63) is 144 Å². The summed E-state index contributed by atoms with van der Waals surface area (Å²) in [6.07, 6.45) is 8.24. The number of piperidine rings is 2. The zero-order valence-electron chi connectivity index (χ0n) is 59.4. The van der Waals surface area contributed by atoms with Crippen LogP contribution >= 0.6 is 0 Å². The van der Waals surface area contributed by atoms with Gasteiger partial charge in [0.1, 0.15) is 22.7 Å². The van der Waals surface area contributed by atoms with Gasteiger partial charge in [0.05, 0.1) is 55.1 Å². The van der Waals surface area contributed by atoms with Crippen LogP contribution in [0.3, 0.4) is 0 Å². The number of ether oxygens (including phenoxy) is 2. The van der Waals surface area contributed by atoms with Crippen LogP contribution in [0, 0.1) is 52.4 Å². The summed E-state index contributed by atoms with van der Waals surface area (Å²) in [7, 11) is -11.8. The average molecular weight is 1420 g/mol. The van der Waals surface area contributed by atoms with Crippen LogP contribution in [0.4, 0.5) is 15.5 Å². The van der Waals surface area contributed by atoms with Crippen molar-refractivity contribution in [3.63, 3.8) is 0 Å². The Labute approximate surface area is 583 Å². The lowest BCUT2D eigenvalue weighted by molar-refractivity contribution is 0.00569. The summed E-state index contributed by atoms with van der Waals surface area (Å²) in [6.45, 7) is 32.7. The Morgan fingerprint density at radius 2 is 0.990 bits per heavy atom. The summed E-state index contributed by atoms with van der Waals surface area (Å²) in [5.41, 5.74) is 12.1. The van der Waals surface area contributed by atoms with Crippen molar-refractivity contribution in [2.24, 2.45) is 16.6 Å². The molecule has 0 saturated carbocycles. The predicted octanol–water partition coefficient (Wildman–Crippen LogP) is 12.5. The number of likely N-dealkylation sites (tertiary alicyclic amines) is 2. The molecule has 0 radical (unpaired) electrons. The van der Waals surface area contributed by atoms with E-state index < -0.39 is 41.1 Å². The molecule has 2 aliphatic heterocycles. The maximum Gasteiger partial charge on any atom is 0.410 e. The highest BCUT2D eigenvalue weighted by Gasteiger charge is 2.39. The molecular formula is C71H86N14O12S3. The van der Waals surface area contributed by atoms with E-state index in [-0.39, 0.29) is 61.3 Å². The van der Waals surface area contributed by atoms with Crippen LogP contribution in [0.25, 0.3) is 67.1 Å². The normalized spacial score (nSPS) is 16.5. The third-order valence-corrected chi connectivity index (χ3v) is 20.8. The number of sulfone groups is 1. The lowest BCUT2D eigenvalue weighted by Crippen LogP contribution is -2.53. The Bertz CT molecular complexity index is 5050. The van der Waals surface area contributed by atoms with Crippen LogP contribution in [-0.2, 0) is 39.4 Å². The van der Waals surface area contributed by atoms with Crippen molar-refractivity contribution in [2.45, 2.75) is 162 Å². The van der Waals surface area contributed by atoms with Gasteiger partial charge in [0.15, 0.2) is 11.3 Å². The highest BCUT2D eigenvalue weighted by molar-refractivity contribution is 7.90. The molecule has 10 aromatic rings. The van der Waals surface area contributed by atoms with Crippen LogP contribution in [0.1, 0.15) is 116 Å². The molecule has 2 atom stereocenters. The number of nitrogens with one attached hydrogen (secondary N) is 1. The van der Waals surface area contributed by atoms with Gasteiger partial charge in [0, 0.05) is 91.2 Å². The van der Waals surface area contributed by atoms with Crippen LogP contribution in [-0.4, -0.2) is 151 Å². The monoisotopic (exact) mass is 1420 g/mol. The van der Waals surface area contributed by atoms with Gasteiger partial charge in [-0.3, -0.25) is 0 Å². The van der Waals surface area contributed by atoms with Crippen molar-refractivity contribution < 1.29 is 53.4 Å². The second-order valence-corrected chi connectivity index (χ2v) is 34.6. The zero-order valence-corrected chi connectivity index (χ0v) is 61.8. The van der Waals surface area contributed by atoms with Gasteiger partial charge >= 0.3 is 12.2 Å². The summed E-state index contributed by atoms with van der Waals surface area (Å²) in [4.78, 5) is 55.8. The van der Waals surface area contributed by atoms with E-state index in [1.54, 1.807) is 111 Å². The molecule has 8 aromatic heterocycles. The Kier molecular flexibility index (Phi) is 20.2. The van der Waals surface area contributed by atoms with Gasteiger partial charge in [-0.2, -0.15) is 0 Å². The van der Waals surface area contributed by atoms with Gasteiger partial charge in [-0.1, -0.05) is 74.4 Å². The first-order valence-corrected chi connectivity index (χ1v) is 37.2. The van der Waals surface area contributed by atoms with Gasteiger partial charge < -0.3 is 39.4 Å². The molecule has 2 aliphatic rings. The summed E-state index contributed by atoms with van der Waals surface area (Å²) in [5, 5.41) is 12.2. The number of nitrogens with two attached hydrogens (primary N) is 1. The fourth-order valence-corrected chi connectivity index (χ4v) is 15.7. The van der Waals surface area contributed by atoms with E-state index >= 15 is 0 Å². The van der Waals surface area contributed by atoms with Gasteiger partial charge in [-0.05, 0) is 166 Å². The molecule has 29 heteroatoms. The fourth-order valence-electron chi connectivity index (χ4n) is 12.5. The van der Waals surface area contributed by atoms with E-state index in [0.717, 1.165) is 35.2 Å². The number of carbonyl (C=O) groups is 2. The van der Waals surface area contributed by atoms with Gasteiger partial charge in [0.2, 0.25) is 20.9 Å². The quantitative estimate of drug-likeness (QED) is 0.114. The summed E-state index contributed by atoms with van der Waals surface area (Å²) < 4.78 is 104. The number of carbonyl (C=O) groups excluding carboxylic acids is 2. The molecule has 0 unspecified atom stereocenters. The summed E-state index contributed by atoms with van der Waals surface area (Å²) in [6, 6.07) is 23.3. The first-order chi connectivity index (χ1) is 46.6. The summed E-state index contributed by atoms with van der Waals surface area (Å²) in [5.74, 6) is 1.50. The van der Waals surface area contributed by atoms with Crippen molar-refractivity contribution >= 4 is 70.1 Å². The van der Waals surface area contributed by atoms with Crippen molar-refractivity contribution in [2.75, 3.05) is 37.8 Å². The van der Waals surface area contributed by atoms with Crippen LogP contribution in [0.2, 0.25) is 0 Å². The SMILES string of the molecule is CC1(C)C[C@H](N)CN(C(=O)OC(C)(C)C)C1.Cc1cnc(N[C@@H]2CN(C(=O)OC(C)(C)C)CC(C)(C)C2)nc1-c1cn(S(=O)(=O)c2ccccc2)c2nc(-c3c(C)noc3C)ccc12.Cc1cnc(S(C)(=O)=O)nc1-c1cn(S(=O)(=O)c2ccccc2)c2nc(-c3c(C)noc3C)ccc12. The molecule has 2 amide bonds. The number of hydrogen-bond donors (Lipinski definition) is 2. The van der Waals surface area contributed by atoms with E-state index in [4.69, 9.17) is 39.2 Å². The topological polar surface area (TPSA) is 339 Å². The molecular weight excluding hydrogens is 1340 g/mol. The highest BCUT2D eigenvalue weighted by atomic mass is 32.2. The van der Waals surface area contributed by atoms with Crippen LogP contribution in [0.15, 0.2) is 134 Å². The van der Waals surface area contributed by atoms with Crippen LogP contribution < -0.4 is 11.1 Å². The van der Waals surface area contributed by atoms with Crippen molar-refractivity contribution in [1.29, 1.82) is 0 Å². The van der Waals surface area contributed by atoms with E-state index in [1.165, 1.54) is 28.5 Å². The maximum atomic E-state index is 14.1. The first-order valence-electron chi connectivity index (χ1n) is 32.5. The molecule has 26 nitrogen and oxygen atoms in total. The summed E-state index contributed by atoms with van der Waals surface area (Å²) >= 11 is 0. The Morgan fingerprint density at radius 1 is 0.570 bits per heavy atom. The minimum atomic E-state index is -4.06.